The van der Waals surface area contributed by atoms with Gasteiger partial charge in [0, 0.05) is 18.2 Å². The van der Waals surface area contributed by atoms with Crippen LogP contribution in [0.25, 0.3) is 0 Å². The fraction of sp³-hybridized carbons (Fsp3) is 0.267. The van der Waals surface area contributed by atoms with Gasteiger partial charge >= 0.3 is 0 Å². The topological polar surface area (TPSA) is 82.1 Å². The summed E-state index contributed by atoms with van der Waals surface area (Å²) in [6.07, 6.45) is 1.41. The number of amides is 1. The van der Waals surface area contributed by atoms with E-state index in [1.54, 1.807) is 24.1 Å². The summed E-state index contributed by atoms with van der Waals surface area (Å²) in [6, 6.07) is 5.37. The molecule has 0 aliphatic heterocycles. The minimum Gasteiger partial charge on any atom is -0.384 e. The van der Waals surface area contributed by atoms with Gasteiger partial charge in [0.05, 0.1) is 6.54 Å². The molecule has 0 aliphatic carbocycles. The van der Waals surface area contributed by atoms with Gasteiger partial charge in [-0.1, -0.05) is 17.9 Å². The van der Waals surface area contributed by atoms with Crippen LogP contribution in [-0.2, 0) is 6.54 Å². The number of benzene rings is 1. The van der Waals surface area contributed by atoms with Crippen LogP contribution >= 0.6 is 0 Å². The third-order valence-electron chi connectivity index (χ3n) is 3.06. The van der Waals surface area contributed by atoms with E-state index in [1.165, 1.54) is 6.33 Å². The predicted molar refractivity (Wildman–Crippen MR) is 77.3 cm³/mol. The van der Waals surface area contributed by atoms with Gasteiger partial charge in [-0.25, -0.2) is 4.98 Å². The number of carbonyl (C=O) groups is 1. The molecule has 6 heteroatoms. The summed E-state index contributed by atoms with van der Waals surface area (Å²) in [4.78, 5) is 18.0. The van der Waals surface area contributed by atoms with Gasteiger partial charge in [-0.05, 0) is 24.6 Å². The van der Waals surface area contributed by atoms with E-state index in [0.717, 1.165) is 11.1 Å². The number of hydrogen-bond acceptors (Lipinski definition) is 4. The molecular weight excluding hydrogens is 268 g/mol. The first kappa shape index (κ1) is 14.8. The molecule has 0 saturated carbocycles. The number of nitrogens with zero attached hydrogens (tertiary/aromatic N) is 3. The molecule has 2 aromatic rings. The molecule has 108 valence electrons. The van der Waals surface area contributed by atoms with Crippen molar-refractivity contribution in [1.29, 1.82) is 0 Å². The van der Waals surface area contributed by atoms with Crippen LogP contribution in [0.5, 0.6) is 0 Å². The Bertz CT molecular complexity index is 683. The first-order chi connectivity index (χ1) is 10.1. The molecule has 0 bridgehead atoms. The Kier molecular flexibility index (Phi) is 4.69. The fourth-order valence-corrected chi connectivity index (χ4v) is 1.95. The highest BCUT2D eigenvalue weighted by atomic mass is 16.2. The Balaban J connectivity index is 2.22. The molecule has 0 saturated heterocycles. The Labute approximate surface area is 122 Å². The number of carbonyl (C=O) groups excluding carboxylic acids is 1. The lowest BCUT2D eigenvalue weighted by Gasteiger charge is -2.17. The minimum atomic E-state index is -0.205. The van der Waals surface area contributed by atoms with Gasteiger partial charge in [0.2, 0.25) is 0 Å². The maximum Gasteiger partial charge on any atom is 0.254 e. The van der Waals surface area contributed by atoms with Crippen molar-refractivity contribution in [2.24, 2.45) is 0 Å². The molecule has 1 aromatic heterocycles. The van der Waals surface area contributed by atoms with Gasteiger partial charge in [0.25, 0.3) is 5.91 Å². The maximum absolute atomic E-state index is 12.5. The van der Waals surface area contributed by atoms with Crippen LogP contribution in [0, 0.1) is 18.8 Å². The second-order valence-corrected chi connectivity index (χ2v) is 4.53. The SMILES string of the molecule is Cc1c(C#CCO)cccc1C(=O)N(C)Cc1ncn[nH]1. The molecule has 0 unspecified atom stereocenters. The van der Waals surface area contributed by atoms with Gasteiger partial charge in [0.15, 0.2) is 0 Å². The molecule has 1 amide bonds. The quantitative estimate of drug-likeness (QED) is 0.814. The first-order valence-electron chi connectivity index (χ1n) is 6.42. The van der Waals surface area contributed by atoms with Crippen LogP contribution in [0.4, 0.5) is 0 Å². The van der Waals surface area contributed by atoms with E-state index in [-0.39, 0.29) is 12.5 Å². The van der Waals surface area contributed by atoms with Gasteiger partial charge in [0.1, 0.15) is 18.8 Å². The Morgan fingerprint density at radius 2 is 2.29 bits per heavy atom. The largest absolute Gasteiger partial charge is 0.384 e. The number of H-pyrrole nitrogens is 1. The van der Waals surface area contributed by atoms with Gasteiger partial charge in [-0.3, -0.25) is 9.89 Å². The molecule has 0 fully saturated rings. The van der Waals surface area contributed by atoms with Crippen LogP contribution in [0.2, 0.25) is 0 Å². The molecule has 0 radical (unpaired) electrons. The Morgan fingerprint density at radius 1 is 1.48 bits per heavy atom. The van der Waals surface area contributed by atoms with Gasteiger partial charge in [-0.15, -0.1) is 0 Å². The summed E-state index contributed by atoms with van der Waals surface area (Å²) < 4.78 is 0. The molecule has 1 aromatic carbocycles. The van der Waals surface area contributed by atoms with Crippen LogP contribution in [-0.4, -0.2) is 44.7 Å². The standard InChI is InChI=1S/C15H16N4O2/c1-11-12(6-4-8-20)5-3-7-13(11)15(21)19(2)9-14-16-10-17-18-14/h3,5,7,10,20H,8-9H2,1-2H3,(H,16,17,18). The summed E-state index contributed by atoms with van der Waals surface area (Å²) in [5.41, 5.74) is 2.12. The summed E-state index contributed by atoms with van der Waals surface area (Å²) >= 11 is 0. The Hall–Kier alpha value is -2.65. The first-order valence-corrected chi connectivity index (χ1v) is 6.42. The van der Waals surface area contributed by atoms with Crippen molar-refractivity contribution < 1.29 is 9.90 Å². The minimum absolute atomic E-state index is 0.114. The lowest BCUT2D eigenvalue weighted by Crippen LogP contribution is -2.27. The summed E-state index contributed by atoms with van der Waals surface area (Å²) in [5, 5.41) is 15.2. The molecular formula is C15H16N4O2. The highest BCUT2D eigenvalue weighted by Crippen LogP contribution is 2.15. The Morgan fingerprint density at radius 3 is 2.95 bits per heavy atom. The number of hydrogen-bond donors (Lipinski definition) is 2. The predicted octanol–water partition coefficient (Wildman–Crippen LogP) is 0.729. The van der Waals surface area contributed by atoms with E-state index in [1.807, 2.05) is 13.0 Å². The number of aliphatic hydroxyl groups is 1. The van der Waals surface area contributed by atoms with Crippen molar-refractivity contribution in [1.82, 2.24) is 20.1 Å². The molecule has 21 heavy (non-hydrogen) atoms. The lowest BCUT2D eigenvalue weighted by molar-refractivity contribution is 0.0781. The average Bonchev–Trinajstić information content (AvgIpc) is 2.98. The zero-order valence-electron chi connectivity index (χ0n) is 11.9. The molecule has 2 rings (SSSR count). The molecule has 6 nitrogen and oxygen atoms in total. The number of rotatable bonds is 3. The van der Waals surface area contributed by atoms with Crippen LogP contribution in [0.3, 0.4) is 0 Å². The van der Waals surface area contributed by atoms with Crippen molar-refractivity contribution in [3.63, 3.8) is 0 Å². The van der Waals surface area contributed by atoms with Crippen molar-refractivity contribution in [2.75, 3.05) is 13.7 Å². The smallest absolute Gasteiger partial charge is 0.254 e. The van der Waals surface area contributed by atoms with Crippen molar-refractivity contribution in [3.8, 4) is 11.8 Å². The van der Waals surface area contributed by atoms with Gasteiger partial charge < -0.3 is 10.0 Å². The number of aliphatic hydroxyl groups excluding tert-OH is 1. The summed E-state index contributed by atoms with van der Waals surface area (Å²) in [6.45, 7) is 1.99. The monoisotopic (exact) mass is 284 g/mol. The number of nitrogens with one attached hydrogen (secondary N) is 1. The third-order valence-corrected chi connectivity index (χ3v) is 3.06. The van der Waals surface area contributed by atoms with E-state index >= 15 is 0 Å². The highest BCUT2D eigenvalue weighted by Gasteiger charge is 2.16. The second-order valence-electron chi connectivity index (χ2n) is 4.53. The average molecular weight is 284 g/mol. The molecule has 1 heterocycles. The van der Waals surface area contributed by atoms with Crippen LogP contribution in [0.1, 0.15) is 27.3 Å². The molecule has 0 spiro atoms. The van der Waals surface area contributed by atoms with Gasteiger partial charge in [-0.2, -0.15) is 5.10 Å². The van der Waals surface area contributed by atoms with Crippen LogP contribution in [0.15, 0.2) is 24.5 Å². The maximum atomic E-state index is 12.5. The lowest BCUT2D eigenvalue weighted by atomic mass is 10.0. The highest BCUT2D eigenvalue weighted by molar-refractivity contribution is 5.96. The molecule has 0 atom stereocenters. The third kappa shape index (κ3) is 3.46. The number of aromatic nitrogens is 3. The van der Waals surface area contributed by atoms with E-state index < -0.39 is 0 Å². The van der Waals surface area contributed by atoms with Crippen LogP contribution < -0.4 is 0 Å². The fourth-order valence-electron chi connectivity index (χ4n) is 1.95. The molecule has 0 aliphatic rings. The van der Waals surface area contributed by atoms with E-state index in [4.69, 9.17) is 5.11 Å². The zero-order chi connectivity index (χ0) is 15.2. The summed E-state index contributed by atoms with van der Waals surface area (Å²) in [7, 11) is 1.70. The van der Waals surface area contributed by atoms with E-state index in [2.05, 4.69) is 27.0 Å². The molecule has 2 N–H and O–H groups in total. The summed E-state index contributed by atoms with van der Waals surface area (Å²) in [5.74, 6) is 5.95. The van der Waals surface area contributed by atoms with Crippen molar-refractivity contribution >= 4 is 5.91 Å². The normalized spacial score (nSPS) is 9.86. The zero-order valence-corrected chi connectivity index (χ0v) is 11.9. The number of aromatic amines is 1. The van der Waals surface area contributed by atoms with E-state index in [9.17, 15) is 4.79 Å². The van der Waals surface area contributed by atoms with Crippen molar-refractivity contribution in [2.45, 2.75) is 13.5 Å². The van der Waals surface area contributed by atoms with E-state index in [0.29, 0.717) is 17.9 Å². The second kappa shape index (κ2) is 6.68. The van der Waals surface area contributed by atoms with Crippen molar-refractivity contribution in [3.05, 3.63) is 47.0 Å².